The van der Waals surface area contributed by atoms with Gasteiger partial charge in [-0.15, -0.1) is 0 Å². The minimum Gasteiger partial charge on any atom is -0.381 e. The van der Waals surface area contributed by atoms with Crippen LogP contribution in [-0.2, 0) is 4.79 Å². The summed E-state index contributed by atoms with van der Waals surface area (Å²) in [6, 6.07) is 6.76. The molecule has 0 saturated heterocycles. The fraction of sp³-hybridized carbons (Fsp3) is 0.417. The van der Waals surface area contributed by atoms with Crippen LogP contribution in [0.25, 0.3) is 0 Å². The summed E-state index contributed by atoms with van der Waals surface area (Å²) in [5, 5.41) is 10.3. The molecule has 1 aromatic carbocycles. The Labute approximate surface area is 94.9 Å². The van der Waals surface area contributed by atoms with Gasteiger partial charge in [0.1, 0.15) is 6.10 Å². The highest BCUT2D eigenvalue weighted by Crippen LogP contribution is 2.21. The van der Waals surface area contributed by atoms with Gasteiger partial charge in [-0.2, -0.15) is 0 Å². The Morgan fingerprint density at radius 1 is 1.53 bits per heavy atom. The molecule has 0 amide bonds. The average molecular weight is 227 g/mol. The highest BCUT2D eigenvalue weighted by molar-refractivity contribution is 6.30. The molecule has 82 valence electrons. The summed E-state index contributed by atoms with van der Waals surface area (Å²) >= 11 is 5.78. The number of hydrogen-bond donors (Lipinski definition) is 1. The maximum Gasteiger partial charge on any atom is 0.168 e. The van der Waals surface area contributed by atoms with Crippen LogP contribution in [0.4, 0.5) is 0 Å². The van der Waals surface area contributed by atoms with Crippen molar-refractivity contribution in [3.63, 3.8) is 0 Å². The lowest BCUT2D eigenvalue weighted by molar-refractivity contribution is -0.131. The van der Waals surface area contributed by atoms with E-state index in [1.165, 1.54) is 0 Å². The van der Waals surface area contributed by atoms with Crippen molar-refractivity contribution < 1.29 is 9.90 Å². The molecule has 0 aromatic heterocycles. The van der Waals surface area contributed by atoms with Crippen LogP contribution in [0.15, 0.2) is 24.3 Å². The number of Topliss-reactive ketones (excluding diaryl/α,β-unsaturated/α-hetero) is 1. The lowest BCUT2D eigenvalue weighted by Gasteiger charge is -2.14. The lowest BCUT2D eigenvalue weighted by atomic mass is 9.95. The Bertz CT molecular complexity index is 349. The topological polar surface area (TPSA) is 37.3 Å². The Kier molecular flexibility index (Phi) is 4.30. The molecule has 0 aliphatic carbocycles. The van der Waals surface area contributed by atoms with Gasteiger partial charge in [0.05, 0.1) is 0 Å². The monoisotopic (exact) mass is 226 g/mol. The van der Waals surface area contributed by atoms with E-state index in [-0.39, 0.29) is 11.7 Å². The summed E-state index contributed by atoms with van der Waals surface area (Å²) < 4.78 is 0. The summed E-state index contributed by atoms with van der Waals surface area (Å²) in [5.74, 6) is -0.279. The molecule has 2 nitrogen and oxygen atoms in total. The highest BCUT2D eigenvalue weighted by Gasteiger charge is 2.21. The van der Waals surface area contributed by atoms with Crippen LogP contribution in [0, 0.1) is 5.92 Å². The first-order chi connectivity index (χ1) is 7.06. The molecular formula is C12H15ClO2. The number of carbonyl (C=O) groups excluding carboxylic acids is 1. The van der Waals surface area contributed by atoms with Gasteiger partial charge in [0.2, 0.25) is 0 Å². The fourth-order valence-corrected chi connectivity index (χ4v) is 1.51. The standard InChI is InChI=1S/C12H15ClO2/c1-3-8(2)11(14)12(15)9-5-4-6-10(13)7-9/h4-8,12,15H,3H2,1-2H3. The van der Waals surface area contributed by atoms with Crippen LogP contribution in [0.5, 0.6) is 0 Å². The van der Waals surface area contributed by atoms with Gasteiger partial charge in [0.15, 0.2) is 5.78 Å². The number of aliphatic hydroxyl groups excluding tert-OH is 1. The molecule has 0 aliphatic heterocycles. The van der Waals surface area contributed by atoms with Crippen molar-refractivity contribution in [3.8, 4) is 0 Å². The van der Waals surface area contributed by atoms with E-state index in [0.29, 0.717) is 10.6 Å². The van der Waals surface area contributed by atoms with E-state index in [0.717, 1.165) is 6.42 Å². The predicted molar refractivity (Wildman–Crippen MR) is 60.9 cm³/mol. The van der Waals surface area contributed by atoms with Crippen molar-refractivity contribution in [3.05, 3.63) is 34.9 Å². The van der Waals surface area contributed by atoms with Crippen LogP contribution in [0.1, 0.15) is 31.9 Å². The second-order valence-corrected chi connectivity index (χ2v) is 4.11. The summed E-state index contributed by atoms with van der Waals surface area (Å²) in [6.45, 7) is 3.74. The molecule has 0 saturated carbocycles. The second-order valence-electron chi connectivity index (χ2n) is 3.67. The normalized spacial score (nSPS) is 14.7. The molecule has 2 unspecified atom stereocenters. The van der Waals surface area contributed by atoms with E-state index in [1.54, 1.807) is 24.3 Å². The first kappa shape index (κ1) is 12.2. The number of ketones is 1. The smallest absolute Gasteiger partial charge is 0.168 e. The van der Waals surface area contributed by atoms with Crippen LogP contribution in [-0.4, -0.2) is 10.9 Å². The number of carbonyl (C=O) groups is 1. The van der Waals surface area contributed by atoms with E-state index in [9.17, 15) is 9.90 Å². The number of hydrogen-bond acceptors (Lipinski definition) is 2. The fourth-order valence-electron chi connectivity index (χ4n) is 1.31. The summed E-state index contributed by atoms with van der Waals surface area (Å²) in [6.07, 6.45) is -0.324. The van der Waals surface area contributed by atoms with E-state index in [4.69, 9.17) is 11.6 Å². The third-order valence-corrected chi connectivity index (χ3v) is 2.77. The second kappa shape index (κ2) is 5.29. The SMILES string of the molecule is CCC(C)C(=O)C(O)c1cccc(Cl)c1. The Morgan fingerprint density at radius 2 is 2.20 bits per heavy atom. The molecule has 3 heteroatoms. The van der Waals surface area contributed by atoms with E-state index >= 15 is 0 Å². The number of rotatable bonds is 4. The maximum atomic E-state index is 11.7. The van der Waals surface area contributed by atoms with Crippen LogP contribution in [0.2, 0.25) is 5.02 Å². The van der Waals surface area contributed by atoms with Crippen molar-refractivity contribution >= 4 is 17.4 Å². The maximum absolute atomic E-state index is 11.7. The van der Waals surface area contributed by atoms with Gasteiger partial charge in [-0.05, 0) is 24.1 Å². The predicted octanol–water partition coefficient (Wildman–Crippen LogP) is 2.99. The van der Waals surface area contributed by atoms with Crippen molar-refractivity contribution in [1.82, 2.24) is 0 Å². The molecule has 0 fully saturated rings. The first-order valence-electron chi connectivity index (χ1n) is 5.03. The van der Waals surface area contributed by atoms with Gasteiger partial charge < -0.3 is 5.11 Å². The number of aliphatic hydroxyl groups is 1. The zero-order valence-electron chi connectivity index (χ0n) is 8.90. The lowest BCUT2D eigenvalue weighted by Crippen LogP contribution is -2.19. The molecule has 0 spiro atoms. The van der Waals surface area contributed by atoms with Crippen molar-refractivity contribution in [1.29, 1.82) is 0 Å². The largest absolute Gasteiger partial charge is 0.381 e. The number of benzene rings is 1. The summed E-state index contributed by atoms with van der Waals surface area (Å²) in [7, 11) is 0. The van der Waals surface area contributed by atoms with E-state index in [1.807, 2.05) is 13.8 Å². The minimum atomic E-state index is -1.06. The van der Waals surface area contributed by atoms with Crippen molar-refractivity contribution in [2.75, 3.05) is 0 Å². The minimum absolute atomic E-state index is 0.126. The zero-order valence-corrected chi connectivity index (χ0v) is 9.66. The summed E-state index contributed by atoms with van der Waals surface area (Å²) in [5.41, 5.74) is 0.563. The third kappa shape index (κ3) is 3.05. The van der Waals surface area contributed by atoms with Crippen molar-refractivity contribution in [2.24, 2.45) is 5.92 Å². The van der Waals surface area contributed by atoms with Crippen LogP contribution in [0.3, 0.4) is 0 Å². The van der Waals surface area contributed by atoms with Crippen LogP contribution < -0.4 is 0 Å². The average Bonchev–Trinajstić information content (AvgIpc) is 2.26. The zero-order chi connectivity index (χ0) is 11.4. The first-order valence-corrected chi connectivity index (χ1v) is 5.41. The molecule has 0 heterocycles. The molecule has 1 rings (SSSR count). The van der Waals surface area contributed by atoms with Crippen molar-refractivity contribution in [2.45, 2.75) is 26.4 Å². The molecule has 1 N–H and O–H groups in total. The van der Waals surface area contributed by atoms with Gasteiger partial charge >= 0.3 is 0 Å². The number of halogens is 1. The Hall–Kier alpha value is -0.860. The molecular weight excluding hydrogens is 212 g/mol. The van der Waals surface area contributed by atoms with Crippen LogP contribution >= 0.6 is 11.6 Å². The van der Waals surface area contributed by atoms with E-state index < -0.39 is 6.10 Å². The Morgan fingerprint density at radius 3 is 2.73 bits per heavy atom. The van der Waals surface area contributed by atoms with Gasteiger partial charge in [0, 0.05) is 10.9 Å². The molecule has 15 heavy (non-hydrogen) atoms. The quantitative estimate of drug-likeness (QED) is 0.857. The van der Waals surface area contributed by atoms with E-state index in [2.05, 4.69) is 0 Å². The third-order valence-electron chi connectivity index (χ3n) is 2.53. The molecule has 2 atom stereocenters. The molecule has 1 aromatic rings. The highest BCUT2D eigenvalue weighted by atomic mass is 35.5. The van der Waals surface area contributed by atoms with Gasteiger partial charge in [0.25, 0.3) is 0 Å². The molecule has 0 radical (unpaired) electrons. The van der Waals surface area contributed by atoms with Gasteiger partial charge in [-0.1, -0.05) is 37.6 Å². The van der Waals surface area contributed by atoms with Gasteiger partial charge in [-0.3, -0.25) is 4.79 Å². The Balaban J connectivity index is 2.85. The molecule has 0 bridgehead atoms. The molecule has 0 aliphatic rings. The summed E-state index contributed by atoms with van der Waals surface area (Å²) in [4.78, 5) is 11.7. The van der Waals surface area contributed by atoms with Gasteiger partial charge in [-0.25, -0.2) is 0 Å².